The largest absolute Gasteiger partial charge is 0.462 e. The van der Waals surface area contributed by atoms with Crippen molar-refractivity contribution in [3.63, 3.8) is 0 Å². The number of benzene rings is 1. The number of hydrogen-bond donors (Lipinski definition) is 0. The average molecular weight is 317 g/mol. The van der Waals surface area contributed by atoms with Gasteiger partial charge in [0.25, 0.3) is 0 Å². The third kappa shape index (κ3) is 4.70. The highest BCUT2D eigenvalue weighted by atomic mass is 32.2. The average Bonchev–Trinajstić information content (AvgIpc) is 2.38. The first kappa shape index (κ1) is 17.4. The van der Waals surface area contributed by atoms with Crippen LogP contribution in [-0.2, 0) is 19.6 Å². The van der Waals surface area contributed by atoms with Crippen molar-refractivity contribution in [3.05, 3.63) is 29.6 Å². The molecule has 0 heterocycles. The summed E-state index contributed by atoms with van der Waals surface area (Å²) in [6.07, 6.45) is -0.335. The number of rotatable bonds is 6. The summed E-state index contributed by atoms with van der Waals surface area (Å²) >= 11 is 0. The van der Waals surface area contributed by atoms with Crippen molar-refractivity contribution in [1.29, 1.82) is 0 Å². The van der Waals surface area contributed by atoms with Crippen LogP contribution in [0.1, 0.15) is 26.3 Å². The van der Waals surface area contributed by atoms with Crippen LogP contribution in [0.4, 0.5) is 10.1 Å². The molecule has 0 atom stereocenters. The molecule has 0 saturated carbocycles. The predicted molar refractivity (Wildman–Crippen MR) is 79.2 cm³/mol. The molecular weight excluding hydrogens is 297 g/mol. The molecule has 0 saturated heterocycles. The highest BCUT2D eigenvalue weighted by Gasteiger charge is 2.25. The van der Waals surface area contributed by atoms with Gasteiger partial charge in [0.15, 0.2) is 0 Å². The Kier molecular flexibility index (Phi) is 5.71. The Labute approximate surface area is 124 Å². The molecule has 21 heavy (non-hydrogen) atoms. The Morgan fingerprint density at radius 3 is 2.48 bits per heavy atom. The van der Waals surface area contributed by atoms with Gasteiger partial charge < -0.3 is 4.74 Å². The van der Waals surface area contributed by atoms with Gasteiger partial charge in [-0.1, -0.05) is 0 Å². The number of halogens is 1. The van der Waals surface area contributed by atoms with Crippen molar-refractivity contribution in [3.8, 4) is 0 Å². The summed E-state index contributed by atoms with van der Waals surface area (Å²) in [6, 6.07) is 3.90. The van der Waals surface area contributed by atoms with Gasteiger partial charge in [-0.3, -0.25) is 9.10 Å². The van der Waals surface area contributed by atoms with Crippen molar-refractivity contribution < 1.29 is 22.3 Å². The molecule has 0 spiro atoms. The van der Waals surface area contributed by atoms with Crippen LogP contribution >= 0.6 is 0 Å². The minimum absolute atomic E-state index is 0.168. The zero-order chi connectivity index (χ0) is 16.2. The van der Waals surface area contributed by atoms with Gasteiger partial charge in [-0.15, -0.1) is 0 Å². The Bertz CT molecular complexity index is 613. The maximum Gasteiger partial charge on any atom is 0.327 e. The van der Waals surface area contributed by atoms with Crippen molar-refractivity contribution >= 4 is 21.7 Å². The molecule has 0 radical (unpaired) electrons. The molecule has 1 rings (SSSR count). The van der Waals surface area contributed by atoms with Gasteiger partial charge >= 0.3 is 5.97 Å². The van der Waals surface area contributed by atoms with E-state index in [1.54, 1.807) is 13.8 Å². The molecule has 0 N–H and O–H groups in total. The highest BCUT2D eigenvalue weighted by molar-refractivity contribution is 7.92. The number of nitrogens with zero attached hydrogens (tertiary/aromatic N) is 1. The van der Waals surface area contributed by atoms with Crippen LogP contribution in [0.15, 0.2) is 18.2 Å². The number of hydrogen-bond acceptors (Lipinski definition) is 4. The first-order valence-corrected chi connectivity index (χ1v) is 8.24. The Balaban J connectivity index is 3.14. The lowest BCUT2D eigenvalue weighted by Gasteiger charge is -2.23. The first-order valence-electron chi connectivity index (χ1n) is 6.63. The quantitative estimate of drug-likeness (QED) is 0.755. The van der Waals surface area contributed by atoms with Crippen LogP contribution in [0.3, 0.4) is 0 Å². The molecular formula is C14H20FNO4S. The number of anilines is 1. The van der Waals surface area contributed by atoms with Crippen molar-refractivity contribution in [2.24, 2.45) is 0 Å². The lowest BCUT2D eigenvalue weighted by atomic mass is 10.2. The van der Waals surface area contributed by atoms with Gasteiger partial charge in [0.1, 0.15) is 12.4 Å². The molecule has 7 heteroatoms. The fraction of sp³-hybridized carbons (Fsp3) is 0.500. The van der Waals surface area contributed by atoms with Gasteiger partial charge in [0.2, 0.25) is 10.0 Å². The van der Waals surface area contributed by atoms with Crippen LogP contribution in [0, 0.1) is 12.7 Å². The Morgan fingerprint density at radius 1 is 1.38 bits per heavy atom. The van der Waals surface area contributed by atoms with Gasteiger partial charge in [0, 0.05) is 0 Å². The van der Waals surface area contributed by atoms with Crippen molar-refractivity contribution in [1.82, 2.24) is 0 Å². The fourth-order valence-electron chi connectivity index (χ4n) is 1.71. The second-order valence-corrected chi connectivity index (χ2v) is 7.06. The summed E-state index contributed by atoms with van der Waals surface area (Å²) < 4.78 is 43.5. The smallest absolute Gasteiger partial charge is 0.327 e. The van der Waals surface area contributed by atoms with E-state index in [2.05, 4.69) is 0 Å². The van der Waals surface area contributed by atoms with E-state index in [0.717, 1.165) is 4.31 Å². The second kappa shape index (κ2) is 6.89. The number of esters is 1. The van der Waals surface area contributed by atoms with E-state index in [9.17, 15) is 17.6 Å². The van der Waals surface area contributed by atoms with E-state index in [1.165, 1.54) is 32.0 Å². The molecule has 0 amide bonds. The maximum absolute atomic E-state index is 13.3. The Hall–Kier alpha value is -1.63. The van der Waals surface area contributed by atoms with E-state index >= 15 is 0 Å². The topological polar surface area (TPSA) is 63.7 Å². The van der Waals surface area contributed by atoms with E-state index in [0.29, 0.717) is 5.56 Å². The molecule has 1 aromatic rings. The number of ether oxygens (including phenoxy) is 1. The van der Waals surface area contributed by atoms with Crippen molar-refractivity contribution in [2.45, 2.75) is 33.8 Å². The molecule has 0 unspecified atom stereocenters. The molecule has 118 valence electrons. The predicted octanol–water partition coefficient (Wildman–Crippen LogP) is 2.24. The summed E-state index contributed by atoms with van der Waals surface area (Å²) in [4.78, 5) is 11.7. The standard InChI is InChI=1S/C14H20FNO4S/c1-5-21(18,19)16(9-14(17)20-10(2)3)12-6-7-13(15)11(4)8-12/h6-8,10H,5,9H2,1-4H3. The van der Waals surface area contributed by atoms with E-state index in [-0.39, 0.29) is 17.5 Å². The third-order valence-corrected chi connectivity index (χ3v) is 4.51. The summed E-state index contributed by atoms with van der Waals surface area (Å²) in [7, 11) is -3.66. The van der Waals surface area contributed by atoms with Crippen LogP contribution in [0.2, 0.25) is 0 Å². The summed E-state index contributed by atoms with van der Waals surface area (Å²) in [5.74, 6) is -1.25. The molecule has 0 bridgehead atoms. The number of carbonyl (C=O) groups is 1. The number of aryl methyl sites for hydroxylation is 1. The molecule has 0 aliphatic heterocycles. The van der Waals surface area contributed by atoms with E-state index < -0.39 is 28.4 Å². The van der Waals surface area contributed by atoms with Gasteiger partial charge in [0.05, 0.1) is 17.5 Å². The second-order valence-electron chi connectivity index (χ2n) is 4.88. The number of sulfonamides is 1. The maximum atomic E-state index is 13.3. The van der Waals surface area contributed by atoms with Crippen LogP contribution in [-0.4, -0.2) is 32.8 Å². The highest BCUT2D eigenvalue weighted by Crippen LogP contribution is 2.21. The Morgan fingerprint density at radius 2 is 2.00 bits per heavy atom. The fourth-order valence-corrected chi connectivity index (χ4v) is 2.76. The molecule has 0 aromatic heterocycles. The van der Waals surface area contributed by atoms with Crippen LogP contribution < -0.4 is 4.31 Å². The van der Waals surface area contributed by atoms with E-state index in [1.807, 2.05) is 0 Å². The summed E-state index contributed by atoms with van der Waals surface area (Å²) in [6.45, 7) is 5.94. The zero-order valence-electron chi connectivity index (χ0n) is 12.6. The van der Waals surface area contributed by atoms with Gasteiger partial charge in [-0.2, -0.15) is 0 Å². The number of carbonyl (C=O) groups excluding carboxylic acids is 1. The normalized spacial score (nSPS) is 11.5. The monoisotopic (exact) mass is 317 g/mol. The minimum Gasteiger partial charge on any atom is -0.462 e. The van der Waals surface area contributed by atoms with Crippen LogP contribution in [0.5, 0.6) is 0 Å². The molecule has 0 aliphatic carbocycles. The first-order chi connectivity index (χ1) is 9.67. The lowest BCUT2D eigenvalue weighted by Crippen LogP contribution is -2.38. The minimum atomic E-state index is -3.66. The van der Waals surface area contributed by atoms with Gasteiger partial charge in [-0.05, 0) is 51.5 Å². The van der Waals surface area contributed by atoms with Crippen molar-refractivity contribution in [2.75, 3.05) is 16.6 Å². The van der Waals surface area contributed by atoms with E-state index in [4.69, 9.17) is 4.74 Å². The SMILES string of the molecule is CCS(=O)(=O)N(CC(=O)OC(C)C)c1ccc(F)c(C)c1. The molecule has 1 aromatic carbocycles. The molecule has 0 aliphatic rings. The molecule has 0 fully saturated rings. The third-order valence-electron chi connectivity index (χ3n) is 2.77. The summed E-state index contributed by atoms with van der Waals surface area (Å²) in [5.41, 5.74) is 0.553. The lowest BCUT2D eigenvalue weighted by molar-refractivity contribution is -0.145. The van der Waals surface area contributed by atoms with Gasteiger partial charge in [-0.25, -0.2) is 12.8 Å². The molecule has 5 nitrogen and oxygen atoms in total. The zero-order valence-corrected chi connectivity index (χ0v) is 13.4. The summed E-state index contributed by atoms with van der Waals surface area (Å²) in [5, 5.41) is 0. The van der Waals surface area contributed by atoms with Crippen LogP contribution in [0.25, 0.3) is 0 Å².